The Bertz CT molecular complexity index is 1170. The molecule has 0 aliphatic heterocycles. The summed E-state index contributed by atoms with van der Waals surface area (Å²) in [5, 5.41) is 14.1. The van der Waals surface area contributed by atoms with Crippen LogP contribution < -0.4 is 4.74 Å². The molecule has 8 nitrogen and oxygen atoms in total. The van der Waals surface area contributed by atoms with Crippen molar-refractivity contribution in [2.75, 3.05) is 33.8 Å². The molecule has 1 N–H and O–H groups in total. The molecule has 1 aliphatic rings. The van der Waals surface area contributed by atoms with Gasteiger partial charge in [0.1, 0.15) is 12.0 Å². The third kappa shape index (κ3) is 6.94. The summed E-state index contributed by atoms with van der Waals surface area (Å²) < 4.78 is 12.0. The van der Waals surface area contributed by atoms with E-state index in [0.717, 1.165) is 38.5 Å². The summed E-state index contributed by atoms with van der Waals surface area (Å²) in [4.78, 5) is 41.2. The summed E-state index contributed by atoms with van der Waals surface area (Å²) in [6.45, 7) is 1.22. The van der Waals surface area contributed by atoms with E-state index >= 15 is 0 Å². The lowest BCUT2D eigenvalue weighted by Crippen LogP contribution is -2.45. The maximum absolute atomic E-state index is 12.6. The number of likely N-dealkylation sites (N-methyl/N-ethyl adjacent to an activating group) is 2. The number of hydrogen-bond donors (Lipinski definition) is 1. The third-order valence-electron chi connectivity index (χ3n) is 7.24. The normalized spacial score (nSPS) is 17.6. The minimum Gasteiger partial charge on any atom is -0.484 e. The number of benzene rings is 1. The van der Waals surface area contributed by atoms with Gasteiger partial charge in [-0.15, -0.1) is 22.7 Å². The molecule has 1 saturated carbocycles. The van der Waals surface area contributed by atoms with Crippen LogP contribution in [0.5, 0.6) is 5.75 Å². The van der Waals surface area contributed by atoms with Gasteiger partial charge in [0.25, 0.3) is 5.91 Å². The van der Waals surface area contributed by atoms with E-state index in [2.05, 4.69) is 11.9 Å². The Labute approximate surface area is 236 Å². The summed E-state index contributed by atoms with van der Waals surface area (Å²) in [5.41, 5.74) is -0.923. The van der Waals surface area contributed by atoms with Crippen LogP contribution in [-0.4, -0.2) is 79.0 Å². The lowest BCUT2D eigenvalue weighted by molar-refractivity contribution is -0.170. The highest BCUT2D eigenvalue weighted by Crippen LogP contribution is 2.42. The fourth-order valence-corrected chi connectivity index (χ4v) is 6.63. The van der Waals surface area contributed by atoms with E-state index in [9.17, 15) is 19.5 Å². The first-order valence-corrected chi connectivity index (χ1v) is 14.7. The summed E-state index contributed by atoms with van der Waals surface area (Å²) >= 11 is 2.81. The summed E-state index contributed by atoms with van der Waals surface area (Å²) in [5.74, 6) is -0.558. The van der Waals surface area contributed by atoms with Crippen molar-refractivity contribution in [1.29, 1.82) is 0 Å². The van der Waals surface area contributed by atoms with E-state index in [0.29, 0.717) is 33.7 Å². The molecule has 1 aliphatic carbocycles. The summed E-state index contributed by atoms with van der Waals surface area (Å²) in [6.07, 6.45) is 3.93. The molecule has 2 heterocycles. The maximum atomic E-state index is 12.6. The molecule has 208 valence electrons. The second kappa shape index (κ2) is 13.3. The van der Waals surface area contributed by atoms with Gasteiger partial charge in [-0.25, -0.2) is 4.79 Å². The highest BCUT2D eigenvalue weighted by atomic mass is 32.1. The number of thiophene rings is 2. The first-order valence-electron chi connectivity index (χ1n) is 12.9. The average Bonchev–Trinajstić information content (AvgIpc) is 3.69. The maximum Gasteiger partial charge on any atom is 0.347 e. The Kier molecular flexibility index (Phi) is 9.90. The van der Waals surface area contributed by atoms with Crippen molar-refractivity contribution < 1.29 is 29.0 Å². The first-order chi connectivity index (χ1) is 18.8. The van der Waals surface area contributed by atoms with Crippen molar-refractivity contribution in [3.8, 4) is 5.75 Å². The van der Waals surface area contributed by atoms with Crippen molar-refractivity contribution in [1.82, 2.24) is 9.80 Å². The number of carbonyl (C=O) groups excluding carboxylic acids is 2. The smallest absolute Gasteiger partial charge is 0.347 e. The minimum absolute atomic E-state index is 0.0666. The first kappa shape index (κ1) is 28.9. The Hall–Kier alpha value is -3.05. The van der Waals surface area contributed by atoms with Gasteiger partial charge in [0, 0.05) is 31.7 Å². The quantitative estimate of drug-likeness (QED) is 0.296. The topological polar surface area (TPSA) is 96.4 Å². The molecule has 1 fully saturated rings. The standard InChI is InChI=1S/C29H34N2O6S2/c1-30(15-16-31(2)27(33)20-36-23-11-7-21(19-32)8-12-23)22-9-13-24(14-10-22)37-29(28(34)35,25-5-3-17-38-25)26-6-4-18-39-26/h3-8,11-12,17-19,22,24H,9-10,13-16,20H2,1-2H3,(H,34,35). The van der Waals surface area contributed by atoms with E-state index in [-0.39, 0.29) is 18.6 Å². The van der Waals surface area contributed by atoms with E-state index in [4.69, 9.17) is 9.47 Å². The van der Waals surface area contributed by atoms with E-state index in [1.165, 1.54) is 22.7 Å². The van der Waals surface area contributed by atoms with Crippen LogP contribution in [-0.2, 0) is 19.9 Å². The van der Waals surface area contributed by atoms with Gasteiger partial charge in [-0.1, -0.05) is 12.1 Å². The third-order valence-corrected chi connectivity index (χ3v) is 9.18. The monoisotopic (exact) mass is 570 g/mol. The summed E-state index contributed by atoms with van der Waals surface area (Å²) in [7, 11) is 3.83. The fraction of sp³-hybridized carbons (Fsp3) is 0.414. The van der Waals surface area contributed by atoms with Crippen LogP contribution in [0, 0.1) is 0 Å². The van der Waals surface area contributed by atoms with E-state index < -0.39 is 11.6 Å². The molecule has 0 saturated heterocycles. The Balaban J connectivity index is 1.25. The van der Waals surface area contributed by atoms with Gasteiger partial charge in [0.05, 0.1) is 15.9 Å². The highest BCUT2D eigenvalue weighted by Gasteiger charge is 2.48. The number of amides is 1. The second-order valence-electron chi connectivity index (χ2n) is 9.76. The molecule has 1 aromatic carbocycles. The second-order valence-corrected chi connectivity index (χ2v) is 11.7. The van der Waals surface area contributed by atoms with Crippen LogP contribution in [0.25, 0.3) is 0 Å². The fourth-order valence-electron chi connectivity index (χ4n) is 4.82. The Morgan fingerprint density at radius 1 is 0.974 bits per heavy atom. The van der Waals surface area contributed by atoms with Gasteiger partial charge in [-0.2, -0.15) is 0 Å². The zero-order valence-electron chi connectivity index (χ0n) is 22.2. The van der Waals surface area contributed by atoms with Gasteiger partial charge in [-0.05, 0) is 79.9 Å². The molecule has 39 heavy (non-hydrogen) atoms. The van der Waals surface area contributed by atoms with Crippen molar-refractivity contribution in [2.45, 2.75) is 43.4 Å². The lowest BCUT2D eigenvalue weighted by atomic mass is 9.90. The van der Waals surface area contributed by atoms with Crippen LogP contribution in [0.3, 0.4) is 0 Å². The van der Waals surface area contributed by atoms with Gasteiger partial charge in [-0.3, -0.25) is 9.59 Å². The van der Waals surface area contributed by atoms with Crippen molar-refractivity contribution in [3.05, 3.63) is 74.6 Å². The van der Waals surface area contributed by atoms with Crippen molar-refractivity contribution in [3.63, 3.8) is 0 Å². The average molecular weight is 571 g/mol. The Morgan fingerprint density at radius 3 is 2.10 bits per heavy atom. The minimum atomic E-state index is -1.48. The largest absolute Gasteiger partial charge is 0.484 e. The number of nitrogens with zero attached hydrogens (tertiary/aromatic N) is 2. The number of carboxylic acids is 1. The molecule has 10 heteroatoms. The van der Waals surface area contributed by atoms with Crippen molar-refractivity contribution >= 4 is 40.8 Å². The van der Waals surface area contributed by atoms with Gasteiger partial charge < -0.3 is 24.4 Å². The molecule has 2 aromatic heterocycles. The van der Waals surface area contributed by atoms with Gasteiger partial charge in [0.15, 0.2) is 6.61 Å². The van der Waals surface area contributed by atoms with E-state index in [1.807, 2.05) is 35.0 Å². The number of hydrogen-bond acceptors (Lipinski definition) is 8. The molecule has 0 bridgehead atoms. The predicted molar refractivity (Wildman–Crippen MR) is 152 cm³/mol. The van der Waals surface area contributed by atoms with Crippen LogP contribution in [0.1, 0.15) is 45.8 Å². The lowest BCUT2D eigenvalue weighted by Gasteiger charge is -2.38. The van der Waals surface area contributed by atoms with Crippen LogP contribution in [0.2, 0.25) is 0 Å². The predicted octanol–water partition coefficient (Wildman–Crippen LogP) is 4.75. The van der Waals surface area contributed by atoms with Crippen LogP contribution in [0.4, 0.5) is 0 Å². The number of rotatable bonds is 13. The molecule has 4 rings (SSSR count). The van der Waals surface area contributed by atoms with Crippen molar-refractivity contribution in [2.24, 2.45) is 0 Å². The molecule has 0 spiro atoms. The molecule has 0 radical (unpaired) electrons. The molecule has 0 atom stereocenters. The Morgan fingerprint density at radius 2 is 1.59 bits per heavy atom. The van der Waals surface area contributed by atoms with Crippen LogP contribution >= 0.6 is 22.7 Å². The number of carbonyl (C=O) groups is 3. The highest BCUT2D eigenvalue weighted by molar-refractivity contribution is 7.12. The van der Waals surface area contributed by atoms with Gasteiger partial charge >= 0.3 is 5.97 Å². The zero-order valence-corrected chi connectivity index (χ0v) is 23.8. The molecule has 3 aromatic rings. The molecular formula is C29H34N2O6S2. The number of carboxylic acid groups (broad SMARTS) is 1. The van der Waals surface area contributed by atoms with Crippen LogP contribution in [0.15, 0.2) is 59.3 Å². The van der Waals surface area contributed by atoms with Gasteiger partial charge in [0.2, 0.25) is 5.60 Å². The zero-order chi connectivity index (χ0) is 27.8. The number of ether oxygens (including phenoxy) is 2. The molecular weight excluding hydrogens is 536 g/mol. The number of aldehydes is 1. The number of aliphatic carboxylic acids is 1. The summed E-state index contributed by atoms with van der Waals surface area (Å²) in [6, 6.07) is 14.4. The van der Waals surface area contributed by atoms with E-state index in [1.54, 1.807) is 36.2 Å². The SMILES string of the molecule is CN(CCN(C)C1CCC(OC(C(=O)O)(c2cccs2)c2cccs2)CC1)C(=O)COc1ccc(C=O)cc1. The molecule has 0 unspecified atom stereocenters. The molecule has 1 amide bonds.